The lowest BCUT2D eigenvalue weighted by Gasteiger charge is -2.45. The van der Waals surface area contributed by atoms with Gasteiger partial charge in [-0.25, -0.2) is 4.98 Å². The Hall–Kier alpha value is -1.88. The third-order valence-electron chi connectivity index (χ3n) is 7.53. The molecule has 0 radical (unpaired) electrons. The van der Waals surface area contributed by atoms with Crippen molar-refractivity contribution in [3.05, 3.63) is 41.9 Å². The van der Waals surface area contributed by atoms with E-state index in [1.54, 1.807) is 0 Å². The molecule has 0 amide bonds. The molecule has 0 unspecified atom stereocenters. The number of hydrogen-bond acceptors (Lipinski definition) is 4. The van der Waals surface area contributed by atoms with E-state index < -0.39 is 0 Å². The molecule has 3 fully saturated rings. The number of H-pyrrole nitrogens is 1. The Morgan fingerprint density at radius 3 is 2.64 bits per heavy atom. The van der Waals surface area contributed by atoms with Crippen LogP contribution in [0.5, 0.6) is 0 Å². The number of nitrogens with one attached hydrogen (secondary N) is 1. The third-order valence-corrected chi connectivity index (χ3v) is 7.53. The van der Waals surface area contributed by atoms with Crippen LogP contribution in [-0.4, -0.2) is 45.3 Å². The van der Waals surface area contributed by atoms with E-state index in [9.17, 15) is 0 Å². The van der Waals surface area contributed by atoms with E-state index in [1.165, 1.54) is 75.6 Å². The highest BCUT2D eigenvalue weighted by atomic mass is 15.3. The molecule has 5 heteroatoms. The first-order valence-corrected chi connectivity index (χ1v) is 11.3. The predicted molar refractivity (Wildman–Crippen MR) is 112 cm³/mol. The van der Waals surface area contributed by atoms with Crippen molar-refractivity contribution in [3.63, 3.8) is 0 Å². The molecule has 4 heterocycles. The van der Waals surface area contributed by atoms with Crippen LogP contribution in [0.15, 0.2) is 30.6 Å². The highest BCUT2D eigenvalue weighted by Crippen LogP contribution is 2.41. The summed E-state index contributed by atoms with van der Waals surface area (Å²) < 4.78 is 0. The van der Waals surface area contributed by atoms with Crippen molar-refractivity contribution in [2.75, 3.05) is 24.5 Å². The van der Waals surface area contributed by atoms with Gasteiger partial charge in [0.1, 0.15) is 5.82 Å². The second-order valence-electron chi connectivity index (χ2n) is 9.07. The summed E-state index contributed by atoms with van der Waals surface area (Å²) in [6.45, 7) is 4.55. The van der Waals surface area contributed by atoms with Gasteiger partial charge in [-0.05, 0) is 57.2 Å². The van der Waals surface area contributed by atoms with Crippen molar-refractivity contribution in [3.8, 4) is 0 Å². The van der Waals surface area contributed by atoms with Gasteiger partial charge >= 0.3 is 0 Å². The molecule has 3 aliphatic rings. The molecule has 2 saturated heterocycles. The number of hydrogen-bond donors (Lipinski definition) is 1. The maximum atomic E-state index is 4.56. The van der Waals surface area contributed by atoms with Crippen LogP contribution in [0.2, 0.25) is 0 Å². The standard InChI is InChI=1S/C23H33N5/c1-2-7-19(8-3-1)22-20(17-25-26-22)18-28-14-6-10-23(28)11-15-27(16-12-23)21-9-4-5-13-24-21/h4-5,9,13,17,19H,1-3,6-8,10-12,14-16,18H2,(H,25,26). The van der Waals surface area contributed by atoms with E-state index in [0.717, 1.165) is 25.5 Å². The number of anilines is 1. The fraction of sp³-hybridized carbons (Fsp3) is 0.652. The zero-order valence-corrected chi connectivity index (χ0v) is 16.9. The molecule has 28 heavy (non-hydrogen) atoms. The molecule has 1 N–H and O–H groups in total. The summed E-state index contributed by atoms with van der Waals surface area (Å²) in [5.74, 6) is 1.84. The highest BCUT2D eigenvalue weighted by molar-refractivity contribution is 5.38. The minimum atomic E-state index is 0.381. The minimum Gasteiger partial charge on any atom is -0.356 e. The van der Waals surface area contributed by atoms with Gasteiger partial charge in [0.2, 0.25) is 0 Å². The molecular formula is C23H33N5. The Balaban J connectivity index is 1.27. The number of pyridine rings is 1. The van der Waals surface area contributed by atoms with Crippen LogP contribution in [0, 0.1) is 0 Å². The predicted octanol–water partition coefficient (Wildman–Crippen LogP) is 4.49. The molecule has 5 rings (SSSR count). The van der Waals surface area contributed by atoms with Gasteiger partial charge in [0.25, 0.3) is 0 Å². The Bertz CT molecular complexity index is 756. The van der Waals surface area contributed by atoms with Crippen LogP contribution in [0.1, 0.15) is 75.0 Å². The topological polar surface area (TPSA) is 48.0 Å². The molecule has 0 atom stereocenters. The second-order valence-corrected chi connectivity index (χ2v) is 9.07. The Morgan fingerprint density at radius 1 is 1.00 bits per heavy atom. The summed E-state index contributed by atoms with van der Waals surface area (Å²) >= 11 is 0. The van der Waals surface area contributed by atoms with Crippen LogP contribution in [0.4, 0.5) is 5.82 Å². The fourth-order valence-electron chi connectivity index (χ4n) is 5.90. The van der Waals surface area contributed by atoms with E-state index >= 15 is 0 Å². The molecule has 1 spiro atoms. The number of nitrogens with zero attached hydrogens (tertiary/aromatic N) is 4. The quantitative estimate of drug-likeness (QED) is 0.850. The van der Waals surface area contributed by atoms with Crippen LogP contribution in [0.25, 0.3) is 0 Å². The summed E-state index contributed by atoms with van der Waals surface area (Å²) in [7, 11) is 0. The summed E-state index contributed by atoms with van der Waals surface area (Å²) in [6, 6.07) is 6.25. The van der Waals surface area contributed by atoms with Gasteiger partial charge in [-0.15, -0.1) is 0 Å². The number of aromatic amines is 1. The van der Waals surface area contributed by atoms with Gasteiger partial charge in [-0.3, -0.25) is 10.00 Å². The van der Waals surface area contributed by atoms with Crippen molar-refractivity contribution < 1.29 is 0 Å². The molecule has 5 nitrogen and oxygen atoms in total. The largest absolute Gasteiger partial charge is 0.356 e. The second kappa shape index (κ2) is 7.86. The highest BCUT2D eigenvalue weighted by Gasteiger charge is 2.43. The van der Waals surface area contributed by atoms with Gasteiger partial charge in [0.05, 0.1) is 6.20 Å². The van der Waals surface area contributed by atoms with Gasteiger partial charge < -0.3 is 4.90 Å². The molecule has 0 aromatic carbocycles. The third kappa shape index (κ3) is 3.45. The zero-order valence-electron chi connectivity index (χ0n) is 16.9. The molecular weight excluding hydrogens is 346 g/mol. The van der Waals surface area contributed by atoms with E-state index in [4.69, 9.17) is 0 Å². The molecule has 2 aromatic heterocycles. The number of rotatable bonds is 4. The van der Waals surface area contributed by atoms with E-state index in [0.29, 0.717) is 11.5 Å². The first-order chi connectivity index (χ1) is 13.8. The zero-order chi connectivity index (χ0) is 18.8. The molecule has 0 bridgehead atoms. The normalized spacial score (nSPS) is 23.5. The maximum Gasteiger partial charge on any atom is 0.128 e. The van der Waals surface area contributed by atoms with E-state index in [2.05, 4.69) is 43.3 Å². The summed E-state index contributed by atoms with van der Waals surface area (Å²) in [6.07, 6.45) is 16.0. The lowest BCUT2D eigenvalue weighted by molar-refractivity contribution is 0.0992. The summed E-state index contributed by atoms with van der Waals surface area (Å²) in [4.78, 5) is 9.82. The number of likely N-dealkylation sites (tertiary alicyclic amines) is 1. The number of aromatic nitrogens is 3. The summed E-state index contributed by atoms with van der Waals surface area (Å²) in [5, 5.41) is 7.83. The SMILES string of the molecule is c1ccc(N2CCC3(CCCN3Cc3cn[nH]c3C3CCCCC3)CC2)nc1. The summed E-state index contributed by atoms with van der Waals surface area (Å²) in [5.41, 5.74) is 3.28. The molecule has 1 saturated carbocycles. The van der Waals surface area contributed by atoms with Crippen LogP contribution in [-0.2, 0) is 6.54 Å². The van der Waals surface area contributed by atoms with Gasteiger partial charge in [-0.1, -0.05) is 25.3 Å². The van der Waals surface area contributed by atoms with Crippen molar-refractivity contribution in [2.24, 2.45) is 0 Å². The van der Waals surface area contributed by atoms with Gasteiger partial charge in [0, 0.05) is 48.5 Å². The average molecular weight is 380 g/mol. The van der Waals surface area contributed by atoms with Crippen molar-refractivity contribution in [1.82, 2.24) is 20.1 Å². The van der Waals surface area contributed by atoms with Crippen LogP contribution in [0.3, 0.4) is 0 Å². The van der Waals surface area contributed by atoms with Crippen molar-refractivity contribution >= 4 is 5.82 Å². The van der Waals surface area contributed by atoms with E-state index in [-0.39, 0.29) is 0 Å². The maximum absolute atomic E-state index is 4.56. The lowest BCUT2D eigenvalue weighted by atomic mass is 9.83. The van der Waals surface area contributed by atoms with Crippen LogP contribution < -0.4 is 4.90 Å². The first kappa shape index (κ1) is 18.2. The molecule has 2 aliphatic heterocycles. The van der Waals surface area contributed by atoms with Crippen molar-refractivity contribution in [2.45, 2.75) is 75.8 Å². The average Bonchev–Trinajstić information content (AvgIpc) is 3.38. The monoisotopic (exact) mass is 379 g/mol. The van der Waals surface area contributed by atoms with E-state index in [1.807, 2.05) is 12.3 Å². The van der Waals surface area contributed by atoms with Crippen LogP contribution >= 0.6 is 0 Å². The Morgan fingerprint density at radius 2 is 1.86 bits per heavy atom. The minimum absolute atomic E-state index is 0.381. The fourth-order valence-corrected chi connectivity index (χ4v) is 5.90. The lowest BCUT2D eigenvalue weighted by Crippen LogP contribution is -2.52. The van der Waals surface area contributed by atoms with Gasteiger partial charge in [0.15, 0.2) is 0 Å². The Labute approximate surface area is 168 Å². The van der Waals surface area contributed by atoms with Crippen molar-refractivity contribution in [1.29, 1.82) is 0 Å². The van der Waals surface area contributed by atoms with Gasteiger partial charge in [-0.2, -0.15) is 5.10 Å². The smallest absolute Gasteiger partial charge is 0.128 e. The molecule has 150 valence electrons. The number of piperidine rings is 1. The Kier molecular flexibility index (Phi) is 5.10. The first-order valence-electron chi connectivity index (χ1n) is 11.3. The molecule has 2 aromatic rings. The molecule has 1 aliphatic carbocycles.